The van der Waals surface area contributed by atoms with E-state index in [2.05, 4.69) is 10.9 Å². The first-order valence-corrected chi connectivity index (χ1v) is 8.62. The molecule has 0 unspecified atom stereocenters. The lowest BCUT2D eigenvalue weighted by Crippen LogP contribution is -2.45. The molecule has 0 atom stereocenters. The molecule has 2 aromatic carbocycles. The number of carbonyl (C=O) groups is 3. The van der Waals surface area contributed by atoms with E-state index in [-0.39, 0.29) is 19.0 Å². The van der Waals surface area contributed by atoms with Crippen molar-refractivity contribution in [1.29, 1.82) is 0 Å². The van der Waals surface area contributed by atoms with Gasteiger partial charge in [-0.15, -0.1) is 0 Å². The van der Waals surface area contributed by atoms with Crippen molar-refractivity contribution in [3.8, 4) is 17.2 Å². The van der Waals surface area contributed by atoms with Gasteiger partial charge in [0.05, 0.1) is 7.11 Å². The maximum Gasteiger partial charge on any atom is 0.276 e. The fourth-order valence-electron chi connectivity index (χ4n) is 2.12. The van der Waals surface area contributed by atoms with E-state index in [1.807, 2.05) is 0 Å². The Morgan fingerprint density at radius 2 is 1.18 bits per heavy atom. The van der Waals surface area contributed by atoms with Gasteiger partial charge in [-0.3, -0.25) is 25.2 Å². The summed E-state index contributed by atoms with van der Waals surface area (Å²) in [6.45, 7) is 1.23. The van der Waals surface area contributed by atoms with Crippen molar-refractivity contribution in [3.63, 3.8) is 0 Å². The molecule has 0 heterocycles. The molecular formula is C20H22N2O6. The van der Waals surface area contributed by atoms with Gasteiger partial charge in [-0.1, -0.05) is 6.92 Å². The second kappa shape index (κ2) is 10.6. The van der Waals surface area contributed by atoms with Crippen LogP contribution in [0.5, 0.6) is 17.2 Å². The number of ether oxygens (including phenoxy) is 3. The fourth-order valence-corrected chi connectivity index (χ4v) is 2.12. The molecule has 0 fully saturated rings. The fraction of sp³-hybridized carbons (Fsp3) is 0.250. The lowest BCUT2D eigenvalue weighted by Gasteiger charge is -2.10. The zero-order chi connectivity index (χ0) is 20.4. The van der Waals surface area contributed by atoms with Crippen LogP contribution in [-0.4, -0.2) is 37.9 Å². The van der Waals surface area contributed by atoms with Gasteiger partial charge in [0, 0.05) is 12.0 Å². The number of amides is 2. The Bertz CT molecular complexity index is 802. The third-order valence-corrected chi connectivity index (χ3v) is 3.64. The van der Waals surface area contributed by atoms with Gasteiger partial charge in [0.1, 0.15) is 17.2 Å². The van der Waals surface area contributed by atoms with Gasteiger partial charge in [-0.05, 0) is 48.5 Å². The predicted molar refractivity (Wildman–Crippen MR) is 101 cm³/mol. The summed E-state index contributed by atoms with van der Waals surface area (Å²) in [4.78, 5) is 35.0. The van der Waals surface area contributed by atoms with Gasteiger partial charge in [0.25, 0.3) is 11.8 Å². The summed E-state index contributed by atoms with van der Waals surface area (Å²) in [6.07, 6.45) is 0.421. The molecule has 8 heteroatoms. The number of carbonyl (C=O) groups excluding carboxylic acids is 3. The molecule has 0 aromatic heterocycles. The van der Waals surface area contributed by atoms with Crippen LogP contribution < -0.4 is 25.1 Å². The average Bonchev–Trinajstić information content (AvgIpc) is 2.74. The van der Waals surface area contributed by atoms with E-state index in [0.29, 0.717) is 29.2 Å². The third-order valence-electron chi connectivity index (χ3n) is 3.64. The van der Waals surface area contributed by atoms with Crippen LogP contribution in [0.15, 0.2) is 48.5 Å². The molecule has 0 aliphatic carbocycles. The summed E-state index contributed by atoms with van der Waals surface area (Å²) in [5.74, 6) is 0.588. The second-order valence-electron chi connectivity index (χ2n) is 5.65. The van der Waals surface area contributed by atoms with E-state index in [1.165, 1.54) is 0 Å². The number of benzene rings is 2. The van der Waals surface area contributed by atoms with Crippen LogP contribution in [0.1, 0.15) is 23.7 Å². The Morgan fingerprint density at radius 3 is 1.61 bits per heavy atom. The van der Waals surface area contributed by atoms with Crippen molar-refractivity contribution in [2.24, 2.45) is 0 Å². The molecule has 28 heavy (non-hydrogen) atoms. The Morgan fingerprint density at radius 1 is 0.750 bits per heavy atom. The predicted octanol–water partition coefficient (Wildman–Crippen LogP) is 1.89. The molecule has 0 aliphatic rings. The summed E-state index contributed by atoms with van der Waals surface area (Å²) in [7, 11) is 1.55. The minimum absolute atomic E-state index is 0.0314. The highest BCUT2D eigenvalue weighted by Gasteiger charge is 2.08. The number of rotatable bonds is 9. The number of methoxy groups -OCH3 is 1. The smallest absolute Gasteiger partial charge is 0.276 e. The van der Waals surface area contributed by atoms with Gasteiger partial charge in [-0.25, -0.2) is 0 Å². The summed E-state index contributed by atoms with van der Waals surface area (Å²) >= 11 is 0. The monoisotopic (exact) mass is 386 g/mol. The van der Waals surface area contributed by atoms with Crippen molar-refractivity contribution < 1.29 is 28.6 Å². The molecular weight excluding hydrogens is 364 g/mol. The molecule has 0 radical (unpaired) electrons. The van der Waals surface area contributed by atoms with E-state index >= 15 is 0 Å². The Hall–Kier alpha value is -3.55. The minimum Gasteiger partial charge on any atom is -0.497 e. The molecule has 0 saturated carbocycles. The SMILES string of the molecule is CCC(=O)c1ccc(OCC(=O)NNC(=O)COc2ccc(OC)cc2)cc1. The lowest BCUT2D eigenvalue weighted by atomic mass is 10.1. The van der Waals surface area contributed by atoms with Crippen LogP contribution in [0.25, 0.3) is 0 Å². The molecule has 2 amide bonds. The van der Waals surface area contributed by atoms with E-state index < -0.39 is 11.8 Å². The molecule has 2 rings (SSSR count). The first kappa shape index (κ1) is 20.8. The Kier molecular flexibility index (Phi) is 7.83. The molecule has 8 nitrogen and oxygen atoms in total. The maximum atomic E-state index is 11.7. The van der Waals surface area contributed by atoms with Crippen LogP contribution >= 0.6 is 0 Å². The van der Waals surface area contributed by atoms with Crippen molar-refractivity contribution in [1.82, 2.24) is 10.9 Å². The molecule has 0 spiro atoms. The van der Waals surface area contributed by atoms with Gasteiger partial charge in [0.2, 0.25) is 0 Å². The molecule has 2 aromatic rings. The van der Waals surface area contributed by atoms with Gasteiger partial charge < -0.3 is 14.2 Å². The second-order valence-corrected chi connectivity index (χ2v) is 5.65. The molecule has 0 bridgehead atoms. The number of hydrazine groups is 1. The van der Waals surface area contributed by atoms with E-state index in [9.17, 15) is 14.4 Å². The molecule has 2 N–H and O–H groups in total. The molecule has 148 valence electrons. The Balaban J connectivity index is 1.67. The van der Waals surface area contributed by atoms with E-state index in [0.717, 1.165) is 0 Å². The largest absolute Gasteiger partial charge is 0.497 e. The summed E-state index contributed by atoms with van der Waals surface area (Å²) in [5.41, 5.74) is 5.05. The third kappa shape index (κ3) is 6.64. The first-order chi connectivity index (χ1) is 13.5. The van der Waals surface area contributed by atoms with Crippen molar-refractivity contribution in [2.45, 2.75) is 13.3 Å². The Labute approximate surface area is 162 Å². The van der Waals surface area contributed by atoms with Gasteiger partial charge in [0.15, 0.2) is 19.0 Å². The zero-order valence-corrected chi connectivity index (χ0v) is 15.7. The zero-order valence-electron chi connectivity index (χ0n) is 15.7. The van der Waals surface area contributed by atoms with Crippen molar-refractivity contribution in [3.05, 3.63) is 54.1 Å². The highest BCUT2D eigenvalue weighted by molar-refractivity contribution is 5.95. The van der Waals surface area contributed by atoms with Gasteiger partial charge >= 0.3 is 0 Å². The number of ketones is 1. The van der Waals surface area contributed by atoms with Gasteiger partial charge in [-0.2, -0.15) is 0 Å². The van der Waals surface area contributed by atoms with Crippen LogP contribution in [0.3, 0.4) is 0 Å². The summed E-state index contributed by atoms with van der Waals surface area (Å²) in [6, 6.07) is 13.2. The number of hydrogen-bond acceptors (Lipinski definition) is 6. The quantitative estimate of drug-likeness (QED) is 0.504. The first-order valence-electron chi connectivity index (χ1n) is 8.62. The maximum absolute atomic E-state index is 11.7. The molecule has 0 aliphatic heterocycles. The van der Waals surface area contributed by atoms with E-state index in [1.54, 1.807) is 62.6 Å². The van der Waals surface area contributed by atoms with Crippen molar-refractivity contribution >= 4 is 17.6 Å². The topological polar surface area (TPSA) is 103 Å². The van der Waals surface area contributed by atoms with Crippen LogP contribution in [0.2, 0.25) is 0 Å². The van der Waals surface area contributed by atoms with E-state index in [4.69, 9.17) is 14.2 Å². The van der Waals surface area contributed by atoms with Crippen LogP contribution in [0, 0.1) is 0 Å². The summed E-state index contributed by atoms with van der Waals surface area (Å²) in [5, 5.41) is 0. The minimum atomic E-state index is -0.536. The number of Topliss-reactive ketones (excluding diaryl/α,β-unsaturated/α-hetero) is 1. The highest BCUT2D eigenvalue weighted by atomic mass is 16.5. The number of hydrogen-bond donors (Lipinski definition) is 2. The highest BCUT2D eigenvalue weighted by Crippen LogP contribution is 2.16. The lowest BCUT2D eigenvalue weighted by molar-refractivity contribution is -0.131. The normalized spacial score (nSPS) is 9.93. The van der Waals surface area contributed by atoms with Crippen LogP contribution in [-0.2, 0) is 9.59 Å². The average molecular weight is 386 g/mol. The standard InChI is InChI=1S/C20H22N2O6/c1-3-18(23)14-4-6-16(7-5-14)27-12-19(24)21-22-20(25)13-28-17-10-8-15(26-2)9-11-17/h4-11H,3,12-13H2,1-2H3,(H,21,24)(H,22,25). The van der Waals surface area contributed by atoms with Crippen molar-refractivity contribution in [2.75, 3.05) is 20.3 Å². The van der Waals surface area contributed by atoms with Crippen LogP contribution in [0.4, 0.5) is 0 Å². The number of nitrogens with one attached hydrogen (secondary N) is 2. The molecule has 0 saturated heterocycles. The summed E-state index contributed by atoms with van der Waals surface area (Å²) < 4.78 is 15.6.